The lowest BCUT2D eigenvalue weighted by molar-refractivity contribution is 0.314. The van der Waals surface area contributed by atoms with Crippen molar-refractivity contribution in [3.05, 3.63) is 48.2 Å². The Balaban J connectivity index is 3.06. The molecule has 5 heteroatoms. The second kappa shape index (κ2) is 6.22. The van der Waals surface area contributed by atoms with E-state index in [9.17, 15) is 8.78 Å². The standard InChI is InChI=1S/C15H20F2O2Si/c1-7-18-13-9-8-12(14(16)15(13)17)10(2)11(3)19-20(4,5)6/h8-9H,2-3,7H2,1,4-6H3. The number of hydrogen-bond acceptors (Lipinski definition) is 2. The first-order valence-corrected chi connectivity index (χ1v) is 9.76. The van der Waals surface area contributed by atoms with Crippen molar-refractivity contribution in [3.63, 3.8) is 0 Å². The molecule has 0 aromatic heterocycles. The molecule has 0 saturated heterocycles. The van der Waals surface area contributed by atoms with Gasteiger partial charge in [-0.15, -0.1) is 0 Å². The van der Waals surface area contributed by atoms with Crippen LogP contribution in [-0.2, 0) is 4.43 Å². The van der Waals surface area contributed by atoms with Crippen molar-refractivity contribution in [2.45, 2.75) is 26.6 Å². The first-order chi connectivity index (χ1) is 9.17. The first kappa shape index (κ1) is 16.4. The van der Waals surface area contributed by atoms with Crippen LogP contribution < -0.4 is 4.74 Å². The van der Waals surface area contributed by atoms with Crippen LogP contribution >= 0.6 is 0 Å². The van der Waals surface area contributed by atoms with Gasteiger partial charge in [0.05, 0.1) is 6.61 Å². The summed E-state index contributed by atoms with van der Waals surface area (Å²) in [6.07, 6.45) is 0. The monoisotopic (exact) mass is 298 g/mol. The van der Waals surface area contributed by atoms with E-state index in [2.05, 4.69) is 13.2 Å². The fourth-order valence-electron chi connectivity index (χ4n) is 1.61. The summed E-state index contributed by atoms with van der Waals surface area (Å²) >= 11 is 0. The van der Waals surface area contributed by atoms with E-state index < -0.39 is 20.0 Å². The molecule has 0 fully saturated rings. The lowest BCUT2D eigenvalue weighted by Gasteiger charge is -2.22. The minimum absolute atomic E-state index is 0.0363. The van der Waals surface area contributed by atoms with Gasteiger partial charge in [-0.05, 0) is 38.7 Å². The third kappa shape index (κ3) is 3.93. The van der Waals surface area contributed by atoms with E-state index >= 15 is 0 Å². The van der Waals surface area contributed by atoms with Crippen LogP contribution in [0.25, 0.3) is 5.57 Å². The van der Waals surface area contributed by atoms with E-state index in [1.807, 2.05) is 19.6 Å². The molecule has 0 bridgehead atoms. The molecule has 0 amide bonds. The Kier molecular flexibility index (Phi) is 5.11. The largest absolute Gasteiger partial charge is 0.544 e. The van der Waals surface area contributed by atoms with Crippen LogP contribution in [0.15, 0.2) is 31.0 Å². The van der Waals surface area contributed by atoms with Crippen LogP contribution in [0.4, 0.5) is 8.78 Å². The SMILES string of the molecule is C=C(O[Si](C)(C)C)C(=C)c1ccc(OCC)c(F)c1F. The zero-order valence-corrected chi connectivity index (χ0v) is 13.3. The maximum Gasteiger partial charge on any atom is 0.242 e. The topological polar surface area (TPSA) is 18.5 Å². The Labute approximate surface area is 119 Å². The molecule has 0 spiro atoms. The molecule has 0 aliphatic carbocycles. The van der Waals surface area contributed by atoms with E-state index in [0.29, 0.717) is 0 Å². The van der Waals surface area contributed by atoms with Crippen molar-refractivity contribution < 1.29 is 17.9 Å². The maximum absolute atomic E-state index is 14.0. The number of hydrogen-bond donors (Lipinski definition) is 0. The summed E-state index contributed by atoms with van der Waals surface area (Å²) in [7, 11) is -1.87. The van der Waals surface area contributed by atoms with Gasteiger partial charge in [-0.25, -0.2) is 4.39 Å². The molecule has 2 nitrogen and oxygen atoms in total. The molecular weight excluding hydrogens is 278 g/mol. The van der Waals surface area contributed by atoms with Crippen molar-refractivity contribution in [1.29, 1.82) is 0 Å². The highest BCUT2D eigenvalue weighted by atomic mass is 28.4. The van der Waals surface area contributed by atoms with Crippen LogP contribution in [0, 0.1) is 11.6 Å². The Morgan fingerprint density at radius 2 is 1.75 bits per heavy atom. The molecule has 0 unspecified atom stereocenters. The summed E-state index contributed by atoms with van der Waals surface area (Å²) in [6.45, 7) is 15.4. The quantitative estimate of drug-likeness (QED) is 0.429. The minimum atomic E-state index is -1.87. The van der Waals surface area contributed by atoms with Gasteiger partial charge in [0, 0.05) is 11.1 Å². The number of rotatable bonds is 6. The van der Waals surface area contributed by atoms with Crippen molar-refractivity contribution in [2.24, 2.45) is 0 Å². The van der Waals surface area contributed by atoms with Crippen LogP contribution in [0.1, 0.15) is 12.5 Å². The van der Waals surface area contributed by atoms with E-state index in [4.69, 9.17) is 9.16 Å². The highest BCUT2D eigenvalue weighted by Gasteiger charge is 2.22. The molecular formula is C15H20F2O2Si. The minimum Gasteiger partial charge on any atom is -0.544 e. The Bertz CT molecular complexity index is 533. The molecule has 110 valence electrons. The third-order valence-electron chi connectivity index (χ3n) is 2.44. The highest BCUT2D eigenvalue weighted by Crippen LogP contribution is 2.30. The highest BCUT2D eigenvalue weighted by molar-refractivity contribution is 6.70. The van der Waals surface area contributed by atoms with E-state index in [-0.39, 0.29) is 29.3 Å². The molecule has 1 rings (SSSR count). The van der Waals surface area contributed by atoms with Crippen LogP contribution in [0.2, 0.25) is 19.6 Å². The van der Waals surface area contributed by atoms with E-state index in [1.54, 1.807) is 6.92 Å². The van der Waals surface area contributed by atoms with Gasteiger partial charge in [0.2, 0.25) is 14.1 Å². The lowest BCUT2D eigenvalue weighted by Crippen LogP contribution is -2.24. The van der Waals surface area contributed by atoms with Gasteiger partial charge < -0.3 is 9.16 Å². The van der Waals surface area contributed by atoms with Crippen molar-refractivity contribution >= 4 is 13.9 Å². The summed E-state index contributed by atoms with van der Waals surface area (Å²) in [5.74, 6) is -1.86. The summed E-state index contributed by atoms with van der Waals surface area (Å²) in [5, 5.41) is 0. The Hall–Kier alpha value is -1.62. The average Bonchev–Trinajstić information content (AvgIpc) is 2.32. The molecule has 0 radical (unpaired) electrons. The molecule has 1 aromatic rings. The van der Waals surface area contributed by atoms with Gasteiger partial charge in [-0.1, -0.05) is 13.2 Å². The van der Waals surface area contributed by atoms with Crippen LogP contribution in [-0.4, -0.2) is 14.9 Å². The van der Waals surface area contributed by atoms with Crippen molar-refractivity contribution in [2.75, 3.05) is 6.61 Å². The predicted molar refractivity (Wildman–Crippen MR) is 80.1 cm³/mol. The van der Waals surface area contributed by atoms with E-state index in [1.165, 1.54) is 12.1 Å². The predicted octanol–water partition coefficient (Wildman–Crippen LogP) is 4.74. The van der Waals surface area contributed by atoms with Gasteiger partial charge in [-0.2, -0.15) is 4.39 Å². The fraction of sp³-hybridized carbons (Fsp3) is 0.333. The zero-order valence-electron chi connectivity index (χ0n) is 12.3. The molecule has 0 saturated carbocycles. The molecule has 20 heavy (non-hydrogen) atoms. The van der Waals surface area contributed by atoms with Gasteiger partial charge in [0.15, 0.2) is 11.6 Å². The molecule has 1 aromatic carbocycles. The van der Waals surface area contributed by atoms with Crippen LogP contribution in [0.3, 0.4) is 0 Å². The maximum atomic E-state index is 14.0. The number of benzene rings is 1. The van der Waals surface area contributed by atoms with E-state index in [0.717, 1.165) is 0 Å². The molecule has 0 aliphatic heterocycles. The lowest BCUT2D eigenvalue weighted by atomic mass is 10.1. The Morgan fingerprint density at radius 3 is 2.25 bits per heavy atom. The van der Waals surface area contributed by atoms with Gasteiger partial charge >= 0.3 is 0 Å². The molecule has 0 aliphatic rings. The summed E-state index contributed by atoms with van der Waals surface area (Å²) in [6, 6.07) is 2.80. The zero-order chi connectivity index (χ0) is 15.5. The average molecular weight is 298 g/mol. The smallest absolute Gasteiger partial charge is 0.242 e. The van der Waals surface area contributed by atoms with Gasteiger partial charge in [0.25, 0.3) is 0 Å². The summed E-state index contributed by atoms with van der Waals surface area (Å²) < 4.78 is 38.5. The van der Waals surface area contributed by atoms with Gasteiger partial charge in [-0.3, -0.25) is 0 Å². The number of ether oxygens (including phenoxy) is 1. The third-order valence-corrected chi connectivity index (χ3v) is 3.30. The number of halogens is 2. The van der Waals surface area contributed by atoms with Crippen LogP contribution in [0.5, 0.6) is 5.75 Å². The second-order valence-electron chi connectivity index (χ2n) is 5.29. The molecule has 0 N–H and O–H groups in total. The Morgan fingerprint density at radius 1 is 1.15 bits per heavy atom. The second-order valence-corrected chi connectivity index (χ2v) is 9.72. The van der Waals surface area contributed by atoms with Crippen molar-refractivity contribution in [3.8, 4) is 5.75 Å². The normalized spacial score (nSPS) is 11.1. The number of allylic oxidation sites excluding steroid dienone is 1. The first-order valence-electron chi connectivity index (χ1n) is 6.35. The molecule has 0 atom stereocenters. The summed E-state index contributed by atoms with van der Waals surface area (Å²) in [4.78, 5) is 0. The summed E-state index contributed by atoms with van der Waals surface area (Å²) in [5.41, 5.74) is 0.279. The fourth-order valence-corrected chi connectivity index (χ4v) is 2.48. The van der Waals surface area contributed by atoms with Gasteiger partial charge in [0.1, 0.15) is 5.76 Å². The van der Waals surface area contributed by atoms with Crippen molar-refractivity contribution in [1.82, 2.24) is 0 Å². The molecule has 0 heterocycles.